The van der Waals surface area contributed by atoms with Crippen LogP contribution in [0.4, 0.5) is 0 Å². The lowest BCUT2D eigenvalue weighted by Crippen LogP contribution is -2.48. The smallest absolute Gasteiger partial charge is 0.133 e. The Morgan fingerprint density at radius 1 is 0.660 bits per heavy atom. The summed E-state index contributed by atoms with van der Waals surface area (Å²) >= 11 is 0. The summed E-state index contributed by atoms with van der Waals surface area (Å²) in [5.74, 6) is 6.51. The highest BCUT2D eigenvalue weighted by Gasteiger charge is 2.43. The highest BCUT2D eigenvalue weighted by Crippen LogP contribution is 2.48. The third-order valence-corrected chi connectivity index (χ3v) is 15.1. The van der Waals surface area contributed by atoms with Crippen LogP contribution in [0.2, 0.25) is 0 Å². The molecule has 1 aliphatic heterocycles. The first-order valence-corrected chi connectivity index (χ1v) is 21.0. The monoisotopic (exact) mass is 637 g/mol. The first kappa shape index (κ1) is 31.3. The molecule has 3 nitrogen and oxygen atoms in total. The van der Waals surface area contributed by atoms with E-state index in [4.69, 9.17) is 4.42 Å². The lowest BCUT2D eigenvalue weighted by Gasteiger charge is -2.50. The standard InChI is InChI=1S/C44H64N2O/c1-3-11-30(12-4-1)38-19-9-21-40-41-22-10-20-39(44(41)47-43(38)40)33-14-7-17-36(29-33)46(34-15-5-2-6-16-34)35-25-23-31(24-26-35)37-18-8-13-32-27-28-45-42(32)37/h1,3,15,21,30-33,35-37,39,42,45H,2,4-14,16-20,22-29H2. The molecule has 2 heterocycles. The predicted octanol–water partition coefficient (Wildman–Crippen LogP) is 9.44. The number of nitrogens with one attached hydrogen (secondary N) is 1. The van der Waals surface area contributed by atoms with Crippen molar-refractivity contribution in [2.24, 2.45) is 29.6 Å². The molecule has 1 saturated heterocycles. The number of fused-ring (bicyclic) bond motifs is 4. The Morgan fingerprint density at radius 3 is 2.45 bits per heavy atom. The van der Waals surface area contributed by atoms with Gasteiger partial charge in [0.15, 0.2) is 0 Å². The maximum atomic E-state index is 7.17. The molecule has 0 amide bonds. The van der Waals surface area contributed by atoms with Crippen LogP contribution in [-0.2, 0) is 6.42 Å². The van der Waals surface area contributed by atoms with E-state index in [0.29, 0.717) is 11.8 Å². The van der Waals surface area contributed by atoms with Crippen LogP contribution in [0.15, 0.2) is 28.3 Å². The fourth-order valence-corrected chi connectivity index (χ4v) is 13.0. The van der Waals surface area contributed by atoms with Crippen molar-refractivity contribution in [2.45, 2.75) is 178 Å². The zero-order valence-electron chi connectivity index (χ0n) is 29.5. The second-order valence-corrected chi connectivity index (χ2v) is 17.6. The molecule has 8 aliphatic rings. The van der Waals surface area contributed by atoms with Gasteiger partial charge in [0, 0.05) is 40.5 Å². The van der Waals surface area contributed by atoms with Crippen molar-refractivity contribution in [3.63, 3.8) is 0 Å². The summed E-state index contributed by atoms with van der Waals surface area (Å²) in [6, 6.07) is 2.37. The maximum Gasteiger partial charge on any atom is 0.133 e. The molecule has 47 heavy (non-hydrogen) atoms. The Bertz CT molecular complexity index is 1440. The first-order chi connectivity index (χ1) is 23.3. The van der Waals surface area contributed by atoms with E-state index >= 15 is 0 Å². The van der Waals surface area contributed by atoms with E-state index < -0.39 is 0 Å². The van der Waals surface area contributed by atoms with Gasteiger partial charge in [0.1, 0.15) is 11.2 Å². The normalized spacial score (nSPS) is 38.9. The topological polar surface area (TPSA) is 28.4 Å². The molecule has 256 valence electrons. The van der Waals surface area contributed by atoms with Gasteiger partial charge in [-0.05, 0) is 183 Å². The molecule has 0 bridgehead atoms. The molecular formula is C44H64N2O. The van der Waals surface area contributed by atoms with Crippen LogP contribution in [0.25, 0.3) is 11.6 Å². The summed E-state index contributed by atoms with van der Waals surface area (Å²) < 4.78 is 7.17. The number of hydrogen-bond acceptors (Lipinski definition) is 3. The molecule has 4 fully saturated rings. The molecule has 7 unspecified atom stereocenters. The zero-order valence-corrected chi connectivity index (χ0v) is 29.5. The lowest BCUT2D eigenvalue weighted by atomic mass is 9.67. The van der Waals surface area contributed by atoms with E-state index in [1.54, 1.807) is 16.8 Å². The molecule has 1 aromatic heterocycles. The van der Waals surface area contributed by atoms with Gasteiger partial charge in [-0.15, -0.1) is 0 Å². The van der Waals surface area contributed by atoms with Gasteiger partial charge in [0.25, 0.3) is 0 Å². The van der Waals surface area contributed by atoms with E-state index in [2.05, 4.69) is 34.5 Å². The molecule has 1 aromatic rings. The Balaban J connectivity index is 0.950. The third kappa shape index (κ3) is 6.05. The molecule has 9 rings (SSSR count). The van der Waals surface area contributed by atoms with E-state index in [1.165, 1.54) is 177 Å². The van der Waals surface area contributed by atoms with Gasteiger partial charge in [-0.1, -0.05) is 37.1 Å². The minimum Gasteiger partial charge on any atom is -0.461 e. The van der Waals surface area contributed by atoms with Gasteiger partial charge in [-0.25, -0.2) is 0 Å². The molecular weight excluding hydrogens is 572 g/mol. The quantitative estimate of drug-likeness (QED) is 0.315. The van der Waals surface area contributed by atoms with Gasteiger partial charge in [0.2, 0.25) is 0 Å². The van der Waals surface area contributed by atoms with Crippen molar-refractivity contribution in [3.8, 4) is 0 Å². The number of rotatable bonds is 6. The van der Waals surface area contributed by atoms with Crippen LogP contribution >= 0.6 is 0 Å². The summed E-state index contributed by atoms with van der Waals surface area (Å²) in [7, 11) is 0. The fourth-order valence-electron chi connectivity index (χ4n) is 13.0. The number of furan rings is 1. The molecule has 0 aromatic carbocycles. The van der Waals surface area contributed by atoms with Gasteiger partial charge in [-0.3, -0.25) is 0 Å². The second kappa shape index (κ2) is 13.9. The minimum atomic E-state index is 0.643. The van der Waals surface area contributed by atoms with Gasteiger partial charge in [-0.2, -0.15) is 0 Å². The van der Waals surface area contributed by atoms with E-state index in [0.717, 1.165) is 41.8 Å². The van der Waals surface area contributed by atoms with E-state index in [-0.39, 0.29) is 0 Å². The Kier molecular flexibility index (Phi) is 9.23. The lowest BCUT2D eigenvalue weighted by molar-refractivity contribution is 0.0550. The van der Waals surface area contributed by atoms with Crippen molar-refractivity contribution < 1.29 is 4.42 Å². The molecule has 0 radical (unpaired) electrons. The molecule has 1 N–H and O–H groups in total. The van der Waals surface area contributed by atoms with Crippen molar-refractivity contribution in [1.29, 1.82) is 0 Å². The van der Waals surface area contributed by atoms with Gasteiger partial charge < -0.3 is 14.6 Å². The van der Waals surface area contributed by atoms with Crippen LogP contribution in [0.3, 0.4) is 0 Å². The molecule has 3 heteroatoms. The second-order valence-electron chi connectivity index (χ2n) is 17.6. The predicted molar refractivity (Wildman–Crippen MR) is 194 cm³/mol. The summed E-state index contributed by atoms with van der Waals surface area (Å²) in [5, 5.41) is 5.53. The van der Waals surface area contributed by atoms with Crippen molar-refractivity contribution >= 4 is 11.6 Å². The minimum absolute atomic E-state index is 0.643. The van der Waals surface area contributed by atoms with Crippen LogP contribution < -0.4 is 16.0 Å². The highest BCUT2D eigenvalue weighted by molar-refractivity contribution is 5.54. The summed E-state index contributed by atoms with van der Waals surface area (Å²) in [4.78, 5) is 3.12. The third-order valence-electron chi connectivity index (χ3n) is 15.1. The summed E-state index contributed by atoms with van der Waals surface area (Å²) in [6.45, 7) is 1.28. The SMILES string of the molecule is C1=CCC(C2=c3oc4c(c3=CCC2)CCCC4C2CCCC(N(C3=CCCCC3)C3CCC(C4CCCC5CCNC54)CC3)C2)CC1. The number of hydrogen-bond donors (Lipinski definition) is 1. The molecule has 3 saturated carbocycles. The van der Waals surface area contributed by atoms with Crippen LogP contribution in [0.5, 0.6) is 0 Å². The highest BCUT2D eigenvalue weighted by atomic mass is 16.3. The Hall–Kier alpha value is -1.74. The van der Waals surface area contributed by atoms with E-state index in [1.807, 2.05) is 0 Å². The Morgan fingerprint density at radius 2 is 1.57 bits per heavy atom. The van der Waals surface area contributed by atoms with Crippen molar-refractivity contribution in [2.75, 3.05) is 6.54 Å². The van der Waals surface area contributed by atoms with Crippen LogP contribution in [-0.4, -0.2) is 29.6 Å². The number of nitrogens with zero attached hydrogens (tertiary/aromatic N) is 1. The van der Waals surface area contributed by atoms with Crippen molar-refractivity contribution in [1.82, 2.24) is 10.2 Å². The molecule has 7 aliphatic carbocycles. The average molecular weight is 637 g/mol. The molecule has 7 atom stereocenters. The summed E-state index contributed by atoms with van der Waals surface area (Å²) in [6.07, 6.45) is 43.1. The maximum absolute atomic E-state index is 7.17. The number of allylic oxidation sites excluding steroid dienone is 4. The van der Waals surface area contributed by atoms with E-state index in [9.17, 15) is 0 Å². The van der Waals surface area contributed by atoms with Gasteiger partial charge >= 0.3 is 0 Å². The largest absolute Gasteiger partial charge is 0.461 e. The zero-order chi connectivity index (χ0) is 31.2. The van der Waals surface area contributed by atoms with Gasteiger partial charge in [0.05, 0.1) is 0 Å². The average Bonchev–Trinajstić information content (AvgIpc) is 3.78. The van der Waals surface area contributed by atoms with Crippen LogP contribution in [0.1, 0.15) is 165 Å². The Labute approximate surface area is 285 Å². The van der Waals surface area contributed by atoms with Crippen LogP contribution in [0, 0.1) is 29.6 Å². The fraction of sp³-hybridized carbons (Fsp3) is 0.773. The van der Waals surface area contributed by atoms with Crippen molar-refractivity contribution in [3.05, 3.63) is 45.9 Å². The molecule has 0 spiro atoms. The summed E-state index contributed by atoms with van der Waals surface area (Å²) in [5.41, 5.74) is 6.39. The first-order valence-electron chi connectivity index (χ1n) is 21.0.